The van der Waals surface area contributed by atoms with Gasteiger partial charge in [-0.2, -0.15) is 0 Å². The van der Waals surface area contributed by atoms with Crippen LogP contribution in [0.3, 0.4) is 0 Å². The lowest BCUT2D eigenvalue weighted by molar-refractivity contribution is -0.122. The van der Waals surface area contributed by atoms with Gasteiger partial charge < -0.3 is 10.6 Å². The molecule has 1 aliphatic rings. The van der Waals surface area contributed by atoms with E-state index < -0.39 is 0 Å². The van der Waals surface area contributed by atoms with Crippen molar-refractivity contribution in [2.24, 2.45) is 0 Å². The molecule has 2 aromatic rings. The van der Waals surface area contributed by atoms with Crippen LogP contribution < -0.4 is 10.6 Å². The highest BCUT2D eigenvalue weighted by Gasteiger charge is 2.20. The summed E-state index contributed by atoms with van der Waals surface area (Å²) in [5.41, 5.74) is 0.893. The zero-order chi connectivity index (χ0) is 16.8. The Balaban J connectivity index is 1.69. The summed E-state index contributed by atoms with van der Waals surface area (Å²) in [5, 5.41) is 8.43. The fourth-order valence-electron chi connectivity index (χ4n) is 2.90. The molecule has 2 N–H and O–H groups in total. The van der Waals surface area contributed by atoms with Gasteiger partial charge in [-0.15, -0.1) is 11.3 Å². The molecule has 0 aliphatic carbocycles. The van der Waals surface area contributed by atoms with Gasteiger partial charge in [-0.3, -0.25) is 9.69 Å². The summed E-state index contributed by atoms with van der Waals surface area (Å²) in [5.74, 6) is -0.272. The van der Waals surface area contributed by atoms with Crippen LogP contribution in [0, 0.1) is 5.82 Å². The fourth-order valence-corrected chi connectivity index (χ4v) is 3.70. The Morgan fingerprint density at radius 2 is 2.08 bits per heavy atom. The van der Waals surface area contributed by atoms with Crippen LogP contribution in [0.25, 0.3) is 0 Å². The Morgan fingerprint density at radius 1 is 1.25 bits per heavy atom. The normalized spacial score (nSPS) is 17.2. The molecule has 1 amide bonds. The van der Waals surface area contributed by atoms with Crippen LogP contribution in [0.4, 0.5) is 4.39 Å². The van der Waals surface area contributed by atoms with Crippen molar-refractivity contribution in [2.75, 3.05) is 32.7 Å². The first-order valence-electron chi connectivity index (χ1n) is 8.24. The van der Waals surface area contributed by atoms with E-state index in [-0.39, 0.29) is 17.8 Å². The third-order valence-corrected chi connectivity index (χ3v) is 5.07. The highest BCUT2D eigenvalue weighted by Crippen LogP contribution is 2.26. The van der Waals surface area contributed by atoms with Crippen molar-refractivity contribution in [1.29, 1.82) is 0 Å². The second kappa shape index (κ2) is 8.37. The van der Waals surface area contributed by atoms with Gasteiger partial charge in [0.2, 0.25) is 5.91 Å². The maximum Gasteiger partial charge on any atom is 0.234 e. The van der Waals surface area contributed by atoms with Crippen LogP contribution in [0.15, 0.2) is 41.8 Å². The Kier molecular flexibility index (Phi) is 5.96. The Labute approximate surface area is 145 Å². The van der Waals surface area contributed by atoms with E-state index in [2.05, 4.69) is 15.5 Å². The molecule has 1 unspecified atom stereocenters. The monoisotopic (exact) mass is 347 g/mol. The maximum absolute atomic E-state index is 13.2. The van der Waals surface area contributed by atoms with Crippen molar-refractivity contribution in [3.05, 3.63) is 58.0 Å². The molecule has 0 saturated carbocycles. The number of benzene rings is 1. The minimum absolute atomic E-state index is 0.000347. The number of nitrogens with one attached hydrogen (secondary N) is 2. The van der Waals surface area contributed by atoms with E-state index in [1.165, 1.54) is 12.1 Å². The SMILES string of the molecule is O=C(CN1CCCNCC1)NC(c1ccc(F)cc1)c1cccs1. The molecule has 0 radical (unpaired) electrons. The molecule has 24 heavy (non-hydrogen) atoms. The molecule has 1 aliphatic heterocycles. The molecule has 1 atom stereocenters. The first-order chi connectivity index (χ1) is 11.7. The summed E-state index contributed by atoms with van der Waals surface area (Å²) in [4.78, 5) is 15.7. The van der Waals surface area contributed by atoms with E-state index in [0.717, 1.165) is 43.0 Å². The molecule has 3 rings (SSSR count). The molecule has 1 aromatic heterocycles. The zero-order valence-electron chi connectivity index (χ0n) is 13.5. The first kappa shape index (κ1) is 17.1. The average Bonchev–Trinajstić information content (AvgIpc) is 2.99. The van der Waals surface area contributed by atoms with Gasteiger partial charge in [0.1, 0.15) is 5.82 Å². The molecular formula is C18H22FN3OS. The number of carbonyl (C=O) groups is 1. The van der Waals surface area contributed by atoms with Crippen LogP contribution in [-0.4, -0.2) is 43.5 Å². The Morgan fingerprint density at radius 3 is 2.83 bits per heavy atom. The van der Waals surface area contributed by atoms with Gasteiger partial charge in [-0.1, -0.05) is 18.2 Å². The number of hydrogen-bond donors (Lipinski definition) is 2. The van der Waals surface area contributed by atoms with Crippen LogP contribution in [0.2, 0.25) is 0 Å². The van der Waals surface area contributed by atoms with E-state index in [0.29, 0.717) is 6.54 Å². The predicted octanol–water partition coefficient (Wildman–Crippen LogP) is 2.39. The smallest absolute Gasteiger partial charge is 0.234 e. The summed E-state index contributed by atoms with van der Waals surface area (Å²) in [6.45, 7) is 4.13. The van der Waals surface area contributed by atoms with Gasteiger partial charge in [-0.25, -0.2) is 4.39 Å². The second-order valence-electron chi connectivity index (χ2n) is 5.95. The van der Waals surface area contributed by atoms with Gasteiger partial charge in [-0.05, 0) is 48.7 Å². The van der Waals surface area contributed by atoms with Gasteiger partial charge in [0.05, 0.1) is 12.6 Å². The molecule has 1 fully saturated rings. The minimum atomic E-state index is -0.271. The van der Waals surface area contributed by atoms with Gasteiger partial charge in [0, 0.05) is 18.0 Å². The number of rotatable bonds is 5. The quantitative estimate of drug-likeness (QED) is 0.873. The molecule has 128 valence electrons. The standard InChI is InChI=1S/C18H22FN3OS/c19-15-6-4-14(5-7-15)18(16-3-1-12-24-16)21-17(23)13-22-10-2-8-20-9-11-22/h1,3-7,12,18,20H,2,8-11,13H2,(H,21,23). The van der Waals surface area contributed by atoms with E-state index in [9.17, 15) is 9.18 Å². The van der Waals surface area contributed by atoms with Crippen LogP contribution >= 0.6 is 11.3 Å². The third kappa shape index (κ3) is 4.63. The van der Waals surface area contributed by atoms with E-state index in [1.54, 1.807) is 23.5 Å². The van der Waals surface area contributed by atoms with Crippen molar-refractivity contribution in [3.8, 4) is 0 Å². The van der Waals surface area contributed by atoms with Crippen molar-refractivity contribution in [2.45, 2.75) is 12.5 Å². The summed E-state index contributed by atoms with van der Waals surface area (Å²) in [6.07, 6.45) is 1.06. The summed E-state index contributed by atoms with van der Waals surface area (Å²) in [6, 6.07) is 10.1. The number of amides is 1. The second-order valence-corrected chi connectivity index (χ2v) is 6.93. The maximum atomic E-state index is 13.2. The zero-order valence-corrected chi connectivity index (χ0v) is 14.3. The van der Waals surface area contributed by atoms with Crippen LogP contribution in [0.5, 0.6) is 0 Å². The number of nitrogens with zero attached hydrogens (tertiary/aromatic N) is 1. The summed E-state index contributed by atoms with van der Waals surface area (Å²) in [7, 11) is 0. The van der Waals surface area contributed by atoms with Gasteiger partial charge in [0.15, 0.2) is 0 Å². The first-order valence-corrected chi connectivity index (χ1v) is 9.11. The molecule has 2 heterocycles. The Hall–Kier alpha value is -1.76. The predicted molar refractivity (Wildman–Crippen MR) is 94.6 cm³/mol. The Bertz CT molecular complexity index is 637. The number of carbonyl (C=O) groups excluding carboxylic acids is 1. The third-order valence-electron chi connectivity index (χ3n) is 4.14. The van der Waals surface area contributed by atoms with E-state index in [4.69, 9.17) is 0 Å². The molecule has 4 nitrogen and oxygen atoms in total. The van der Waals surface area contributed by atoms with Crippen molar-refractivity contribution < 1.29 is 9.18 Å². The molecule has 6 heteroatoms. The van der Waals surface area contributed by atoms with Crippen molar-refractivity contribution >= 4 is 17.2 Å². The highest BCUT2D eigenvalue weighted by atomic mass is 32.1. The number of hydrogen-bond acceptors (Lipinski definition) is 4. The summed E-state index contributed by atoms with van der Waals surface area (Å²) < 4.78 is 13.2. The summed E-state index contributed by atoms with van der Waals surface area (Å²) >= 11 is 1.59. The van der Waals surface area contributed by atoms with Crippen LogP contribution in [0.1, 0.15) is 22.9 Å². The van der Waals surface area contributed by atoms with Crippen LogP contribution in [-0.2, 0) is 4.79 Å². The topological polar surface area (TPSA) is 44.4 Å². The van der Waals surface area contributed by atoms with E-state index >= 15 is 0 Å². The van der Waals surface area contributed by atoms with Crippen molar-refractivity contribution in [3.63, 3.8) is 0 Å². The van der Waals surface area contributed by atoms with Crippen molar-refractivity contribution in [1.82, 2.24) is 15.5 Å². The minimum Gasteiger partial charge on any atom is -0.343 e. The lowest BCUT2D eigenvalue weighted by Gasteiger charge is -2.22. The number of thiophene rings is 1. The molecule has 0 bridgehead atoms. The molecule has 1 saturated heterocycles. The largest absolute Gasteiger partial charge is 0.343 e. The van der Waals surface area contributed by atoms with Gasteiger partial charge >= 0.3 is 0 Å². The highest BCUT2D eigenvalue weighted by molar-refractivity contribution is 7.10. The molecular weight excluding hydrogens is 325 g/mol. The van der Waals surface area contributed by atoms with Gasteiger partial charge in [0.25, 0.3) is 0 Å². The average molecular weight is 347 g/mol. The fraction of sp³-hybridized carbons (Fsp3) is 0.389. The molecule has 0 spiro atoms. The molecule has 1 aromatic carbocycles. The van der Waals surface area contributed by atoms with E-state index in [1.807, 2.05) is 17.5 Å². The lowest BCUT2D eigenvalue weighted by Crippen LogP contribution is -2.40. The number of halogens is 1. The lowest BCUT2D eigenvalue weighted by atomic mass is 10.1.